The van der Waals surface area contributed by atoms with Crippen LogP contribution in [0.2, 0.25) is 0 Å². The van der Waals surface area contributed by atoms with Crippen LogP contribution in [0.3, 0.4) is 0 Å². The Morgan fingerprint density at radius 1 is 0.838 bits per heavy atom. The Kier molecular flexibility index (Phi) is 9.14. The van der Waals surface area contributed by atoms with Gasteiger partial charge in [-0.1, -0.05) is 73.9 Å². The fourth-order valence-electron chi connectivity index (χ4n) is 4.88. The summed E-state index contributed by atoms with van der Waals surface area (Å²) in [7, 11) is 3.45. The molecule has 0 atom stereocenters. The first-order valence-corrected chi connectivity index (χ1v) is 13.0. The van der Waals surface area contributed by atoms with E-state index < -0.39 is 5.97 Å². The van der Waals surface area contributed by atoms with Crippen LogP contribution >= 0.6 is 0 Å². The zero-order chi connectivity index (χ0) is 26.0. The second-order valence-corrected chi connectivity index (χ2v) is 9.72. The van der Waals surface area contributed by atoms with Crippen LogP contribution in [0.1, 0.15) is 48.8 Å². The highest BCUT2D eigenvalue weighted by atomic mass is 16.5. The molecule has 1 amide bonds. The lowest BCUT2D eigenvalue weighted by Crippen LogP contribution is -2.36. The minimum atomic E-state index is -0.404. The molecule has 0 saturated heterocycles. The molecule has 1 aliphatic carbocycles. The number of ether oxygens (including phenoxy) is 1. The van der Waals surface area contributed by atoms with E-state index in [-0.39, 0.29) is 11.8 Å². The van der Waals surface area contributed by atoms with E-state index in [0.717, 1.165) is 49.0 Å². The van der Waals surface area contributed by atoms with Gasteiger partial charge in [-0.2, -0.15) is 0 Å². The molecule has 0 bridgehead atoms. The van der Waals surface area contributed by atoms with Gasteiger partial charge in [-0.25, -0.2) is 4.79 Å². The van der Waals surface area contributed by atoms with Gasteiger partial charge in [0.1, 0.15) is 0 Å². The summed E-state index contributed by atoms with van der Waals surface area (Å²) in [4.78, 5) is 29.4. The van der Waals surface area contributed by atoms with Crippen LogP contribution in [0.15, 0.2) is 84.9 Å². The molecule has 0 heterocycles. The number of para-hydroxylation sites is 1. The first kappa shape index (κ1) is 26.2. The average molecular weight is 497 g/mol. The van der Waals surface area contributed by atoms with Gasteiger partial charge in [0.05, 0.1) is 13.7 Å². The third-order valence-electron chi connectivity index (χ3n) is 7.00. The molecule has 0 aromatic heterocycles. The molecule has 37 heavy (non-hydrogen) atoms. The maximum absolute atomic E-state index is 13.7. The van der Waals surface area contributed by atoms with Gasteiger partial charge in [-0.3, -0.25) is 4.79 Å². The first-order chi connectivity index (χ1) is 18.0. The number of anilines is 2. The highest BCUT2D eigenvalue weighted by molar-refractivity contribution is 5.95. The average Bonchev–Trinajstić information content (AvgIpc) is 2.96. The van der Waals surface area contributed by atoms with Gasteiger partial charge in [0.2, 0.25) is 5.91 Å². The predicted octanol–water partition coefficient (Wildman–Crippen LogP) is 6.62. The smallest absolute Gasteiger partial charge is 0.330 e. The number of hydrogen-bond donors (Lipinski definition) is 0. The number of amides is 1. The normalized spacial score (nSPS) is 13.9. The van der Waals surface area contributed by atoms with Crippen LogP contribution in [0.5, 0.6) is 0 Å². The van der Waals surface area contributed by atoms with E-state index in [1.807, 2.05) is 47.4 Å². The van der Waals surface area contributed by atoms with Crippen LogP contribution in [-0.2, 0) is 27.4 Å². The number of benzene rings is 3. The fraction of sp³-hybridized carbons (Fsp3) is 0.312. The van der Waals surface area contributed by atoms with Crippen LogP contribution in [0.25, 0.3) is 6.08 Å². The maximum atomic E-state index is 13.7. The third-order valence-corrected chi connectivity index (χ3v) is 7.00. The monoisotopic (exact) mass is 496 g/mol. The Morgan fingerprint density at radius 2 is 1.49 bits per heavy atom. The second kappa shape index (κ2) is 12.9. The zero-order valence-corrected chi connectivity index (χ0v) is 21.8. The molecule has 4 rings (SSSR count). The van der Waals surface area contributed by atoms with Crippen molar-refractivity contribution >= 4 is 29.3 Å². The summed E-state index contributed by atoms with van der Waals surface area (Å²) in [6, 6.07) is 26.7. The molecule has 0 spiro atoms. The minimum absolute atomic E-state index is 0.0572. The Bertz CT molecular complexity index is 1200. The van der Waals surface area contributed by atoms with Gasteiger partial charge in [0, 0.05) is 37.0 Å². The molecule has 5 heteroatoms. The van der Waals surface area contributed by atoms with Gasteiger partial charge in [0.15, 0.2) is 0 Å². The molecule has 0 N–H and O–H groups in total. The lowest BCUT2D eigenvalue weighted by Gasteiger charge is -2.30. The Labute approximate surface area is 220 Å². The van der Waals surface area contributed by atoms with Gasteiger partial charge in [-0.15, -0.1) is 0 Å². The SMILES string of the molecule is COC(=O)/C=C/c1cccc(N(Cc2ccc(CN(C)c3ccccc3)cc2)C(=O)C2CCCCC2)c1. The molecule has 3 aromatic rings. The van der Waals surface area contributed by atoms with Gasteiger partial charge < -0.3 is 14.5 Å². The Morgan fingerprint density at radius 3 is 2.16 bits per heavy atom. The van der Waals surface area contributed by atoms with Crippen molar-refractivity contribution in [1.82, 2.24) is 0 Å². The molecular weight excluding hydrogens is 460 g/mol. The Balaban J connectivity index is 1.53. The molecule has 0 unspecified atom stereocenters. The summed E-state index contributed by atoms with van der Waals surface area (Å²) < 4.78 is 4.71. The predicted molar refractivity (Wildman–Crippen MR) is 150 cm³/mol. The number of esters is 1. The molecule has 1 fully saturated rings. The summed E-state index contributed by atoms with van der Waals surface area (Å²) in [5.74, 6) is -0.165. The van der Waals surface area contributed by atoms with E-state index in [2.05, 4.69) is 48.3 Å². The van der Waals surface area contributed by atoms with Crippen molar-refractivity contribution in [1.29, 1.82) is 0 Å². The summed E-state index contributed by atoms with van der Waals surface area (Å²) in [5.41, 5.74) is 5.18. The highest BCUT2D eigenvalue weighted by Gasteiger charge is 2.27. The molecule has 0 radical (unpaired) electrons. The van der Waals surface area contributed by atoms with Crippen LogP contribution in [-0.4, -0.2) is 26.0 Å². The van der Waals surface area contributed by atoms with E-state index in [0.29, 0.717) is 6.54 Å². The zero-order valence-electron chi connectivity index (χ0n) is 21.8. The van der Waals surface area contributed by atoms with Crippen LogP contribution in [0, 0.1) is 5.92 Å². The van der Waals surface area contributed by atoms with Crippen molar-refractivity contribution in [3.05, 3.63) is 102 Å². The van der Waals surface area contributed by atoms with Crippen molar-refractivity contribution in [3.8, 4) is 0 Å². The van der Waals surface area contributed by atoms with E-state index >= 15 is 0 Å². The van der Waals surface area contributed by atoms with Crippen molar-refractivity contribution in [2.45, 2.75) is 45.2 Å². The van der Waals surface area contributed by atoms with Crippen LogP contribution in [0.4, 0.5) is 11.4 Å². The van der Waals surface area contributed by atoms with Crippen molar-refractivity contribution < 1.29 is 14.3 Å². The van der Waals surface area contributed by atoms with Gasteiger partial charge in [-0.05, 0) is 59.9 Å². The van der Waals surface area contributed by atoms with E-state index in [4.69, 9.17) is 4.74 Å². The molecule has 0 aliphatic heterocycles. The minimum Gasteiger partial charge on any atom is -0.466 e. The molecule has 192 valence electrons. The second-order valence-electron chi connectivity index (χ2n) is 9.72. The number of methoxy groups -OCH3 is 1. The number of hydrogen-bond acceptors (Lipinski definition) is 4. The Hall–Kier alpha value is -3.86. The van der Waals surface area contributed by atoms with E-state index in [1.54, 1.807) is 6.08 Å². The fourth-order valence-corrected chi connectivity index (χ4v) is 4.88. The largest absolute Gasteiger partial charge is 0.466 e. The first-order valence-electron chi connectivity index (χ1n) is 13.0. The number of carbonyl (C=O) groups is 2. The molecule has 3 aromatic carbocycles. The van der Waals surface area contributed by atoms with E-state index in [9.17, 15) is 9.59 Å². The van der Waals surface area contributed by atoms with Gasteiger partial charge in [0.25, 0.3) is 0 Å². The van der Waals surface area contributed by atoms with E-state index in [1.165, 1.54) is 30.9 Å². The van der Waals surface area contributed by atoms with Crippen molar-refractivity contribution in [2.24, 2.45) is 5.92 Å². The number of nitrogens with zero attached hydrogens (tertiary/aromatic N) is 2. The lowest BCUT2D eigenvalue weighted by molar-refractivity contribution is -0.134. The summed E-state index contributed by atoms with van der Waals surface area (Å²) in [6.45, 7) is 1.32. The highest BCUT2D eigenvalue weighted by Crippen LogP contribution is 2.29. The van der Waals surface area contributed by atoms with Gasteiger partial charge >= 0.3 is 5.97 Å². The summed E-state index contributed by atoms with van der Waals surface area (Å²) >= 11 is 0. The quantitative estimate of drug-likeness (QED) is 0.247. The molecular formula is C32H36N2O3. The topological polar surface area (TPSA) is 49.9 Å². The maximum Gasteiger partial charge on any atom is 0.330 e. The molecule has 5 nitrogen and oxygen atoms in total. The van der Waals surface area contributed by atoms with Crippen LogP contribution < -0.4 is 9.80 Å². The standard InChI is InChI=1S/C32H36N2O3/c1-33(29-13-7-4-8-14-29)23-26-16-18-27(19-17-26)24-34(32(36)28-11-5-3-6-12-28)30-15-9-10-25(22-30)20-21-31(35)37-2/h4,7-10,13-22,28H,3,5-6,11-12,23-24H2,1-2H3/b21-20+. The number of carbonyl (C=O) groups excluding carboxylic acids is 2. The number of rotatable bonds is 9. The van der Waals surface area contributed by atoms with Crippen molar-refractivity contribution in [3.63, 3.8) is 0 Å². The molecule has 1 aliphatic rings. The van der Waals surface area contributed by atoms with Crippen molar-refractivity contribution in [2.75, 3.05) is 24.0 Å². The summed E-state index contributed by atoms with van der Waals surface area (Å²) in [5, 5.41) is 0. The third kappa shape index (κ3) is 7.32. The summed E-state index contributed by atoms with van der Waals surface area (Å²) in [6.07, 6.45) is 8.43. The lowest BCUT2D eigenvalue weighted by atomic mass is 9.88. The molecule has 1 saturated carbocycles.